The predicted octanol–water partition coefficient (Wildman–Crippen LogP) is 1.15. The minimum atomic E-state index is -1.46. The summed E-state index contributed by atoms with van der Waals surface area (Å²) in [6, 6.07) is 6.50. The Kier molecular flexibility index (Phi) is 2.81. The van der Waals surface area contributed by atoms with Gasteiger partial charge < -0.3 is 9.84 Å². The highest BCUT2D eigenvalue weighted by atomic mass is 16.7. The van der Waals surface area contributed by atoms with Gasteiger partial charge in [0.25, 0.3) is 11.1 Å². The van der Waals surface area contributed by atoms with Crippen LogP contribution in [0.3, 0.4) is 0 Å². The third kappa shape index (κ3) is 1.78. The zero-order valence-corrected chi connectivity index (χ0v) is 10.5. The standard InChI is InChI=1S/C13H12N2O5/c16-11-8-4-1-2-5-9(8)12(17)15-10(20-13(18)19)6-3-7-14(11)15/h1-2,4-5,10H,3,6-7H2,(H,18,19)/t10-/m1/s1. The normalized spacial score (nSPS) is 17.7. The fourth-order valence-corrected chi connectivity index (χ4v) is 2.58. The van der Waals surface area contributed by atoms with Crippen LogP contribution in [0, 0.1) is 0 Å². The van der Waals surface area contributed by atoms with Crippen molar-refractivity contribution in [2.45, 2.75) is 25.6 Å². The van der Waals surface area contributed by atoms with Crippen LogP contribution in [0.2, 0.25) is 0 Å². The van der Waals surface area contributed by atoms with Crippen LogP contribution in [-0.2, 0) is 11.3 Å². The molecule has 7 nitrogen and oxygen atoms in total. The van der Waals surface area contributed by atoms with E-state index < -0.39 is 17.9 Å². The summed E-state index contributed by atoms with van der Waals surface area (Å²) < 4.78 is 7.10. The second kappa shape index (κ2) is 4.52. The van der Waals surface area contributed by atoms with Gasteiger partial charge in [-0.1, -0.05) is 12.1 Å². The molecule has 0 saturated carbocycles. The molecule has 2 aromatic rings. The molecule has 1 aliphatic heterocycles. The summed E-state index contributed by atoms with van der Waals surface area (Å²) in [6.45, 7) is 0.373. The van der Waals surface area contributed by atoms with E-state index in [-0.39, 0.29) is 10.9 Å². The molecule has 0 aliphatic carbocycles. The Labute approximate surface area is 112 Å². The van der Waals surface area contributed by atoms with Crippen LogP contribution >= 0.6 is 0 Å². The van der Waals surface area contributed by atoms with Crippen molar-refractivity contribution in [2.24, 2.45) is 0 Å². The molecule has 1 aromatic heterocycles. The largest absolute Gasteiger partial charge is 0.507 e. The molecule has 0 radical (unpaired) electrons. The molecule has 1 aliphatic rings. The van der Waals surface area contributed by atoms with Crippen molar-refractivity contribution < 1.29 is 14.6 Å². The van der Waals surface area contributed by atoms with Crippen LogP contribution in [0.5, 0.6) is 0 Å². The van der Waals surface area contributed by atoms with E-state index in [1.807, 2.05) is 0 Å². The zero-order valence-electron chi connectivity index (χ0n) is 10.5. The molecular weight excluding hydrogens is 264 g/mol. The predicted molar refractivity (Wildman–Crippen MR) is 69.8 cm³/mol. The van der Waals surface area contributed by atoms with Crippen molar-refractivity contribution in [3.63, 3.8) is 0 Å². The molecule has 0 amide bonds. The van der Waals surface area contributed by atoms with Crippen LogP contribution in [-0.4, -0.2) is 20.6 Å². The monoisotopic (exact) mass is 276 g/mol. The number of carboxylic acid groups (broad SMARTS) is 1. The second-order valence-electron chi connectivity index (χ2n) is 4.60. The van der Waals surface area contributed by atoms with Crippen LogP contribution in [0.4, 0.5) is 4.79 Å². The number of carbonyl (C=O) groups is 1. The lowest BCUT2D eigenvalue weighted by atomic mass is 10.1. The van der Waals surface area contributed by atoms with E-state index in [2.05, 4.69) is 0 Å². The number of hydrogen-bond donors (Lipinski definition) is 1. The number of benzene rings is 1. The molecule has 1 N–H and O–H groups in total. The quantitative estimate of drug-likeness (QED) is 0.789. The summed E-state index contributed by atoms with van der Waals surface area (Å²) in [5, 5.41) is 9.35. The van der Waals surface area contributed by atoms with E-state index in [0.29, 0.717) is 24.8 Å². The number of ether oxygens (including phenoxy) is 1. The van der Waals surface area contributed by atoms with Gasteiger partial charge in [0.05, 0.1) is 10.8 Å². The minimum absolute atomic E-state index is 0.273. The molecule has 0 saturated heterocycles. The summed E-state index contributed by atoms with van der Waals surface area (Å²) in [6.07, 6.45) is -1.46. The molecule has 2 heterocycles. The smallest absolute Gasteiger partial charge is 0.450 e. The molecule has 7 heteroatoms. The van der Waals surface area contributed by atoms with Crippen LogP contribution in [0.1, 0.15) is 19.1 Å². The molecule has 0 spiro atoms. The van der Waals surface area contributed by atoms with E-state index in [1.54, 1.807) is 24.3 Å². The molecule has 1 atom stereocenters. The lowest BCUT2D eigenvalue weighted by Crippen LogP contribution is -2.44. The van der Waals surface area contributed by atoms with Crippen molar-refractivity contribution >= 4 is 16.9 Å². The number of fused-ring (bicyclic) bond motifs is 2. The van der Waals surface area contributed by atoms with Crippen molar-refractivity contribution in [3.05, 3.63) is 45.0 Å². The van der Waals surface area contributed by atoms with Crippen molar-refractivity contribution in [1.82, 2.24) is 9.36 Å². The van der Waals surface area contributed by atoms with Crippen LogP contribution in [0.25, 0.3) is 10.8 Å². The van der Waals surface area contributed by atoms with E-state index in [1.165, 1.54) is 4.68 Å². The number of nitrogens with zero attached hydrogens (tertiary/aromatic N) is 2. The SMILES string of the molecule is O=C(O)O[C@@H]1CCCn2c(=O)c3ccccc3c(=O)n21. The summed E-state index contributed by atoms with van der Waals surface area (Å²) >= 11 is 0. The van der Waals surface area contributed by atoms with Crippen molar-refractivity contribution in [1.29, 1.82) is 0 Å². The lowest BCUT2D eigenvalue weighted by molar-refractivity contribution is -0.0168. The minimum Gasteiger partial charge on any atom is -0.450 e. The number of rotatable bonds is 1. The fraction of sp³-hybridized carbons (Fsp3) is 0.308. The Morgan fingerprint density at radius 2 is 1.85 bits per heavy atom. The maximum Gasteiger partial charge on any atom is 0.507 e. The maximum atomic E-state index is 12.4. The van der Waals surface area contributed by atoms with Crippen LogP contribution in [0.15, 0.2) is 33.9 Å². The van der Waals surface area contributed by atoms with E-state index in [4.69, 9.17) is 9.84 Å². The Morgan fingerprint density at radius 3 is 2.50 bits per heavy atom. The lowest BCUT2D eigenvalue weighted by Gasteiger charge is -2.27. The number of hydrogen-bond acceptors (Lipinski definition) is 4. The van der Waals surface area contributed by atoms with Crippen molar-refractivity contribution in [3.8, 4) is 0 Å². The summed E-state index contributed by atoms with van der Waals surface area (Å²) in [5.41, 5.74) is -0.718. The van der Waals surface area contributed by atoms with Gasteiger partial charge in [0.15, 0.2) is 6.23 Å². The summed E-state index contributed by atoms with van der Waals surface area (Å²) in [5.74, 6) is 0. The molecule has 0 unspecified atom stereocenters. The first-order valence-corrected chi connectivity index (χ1v) is 6.23. The average molecular weight is 276 g/mol. The van der Waals surface area contributed by atoms with Gasteiger partial charge in [0, 0.05) is 13.0 Å². The highest BCUT2D eigenvalue weighted by molar-refractivity contribution is 5.80. The average Bonchev–Trinajstić information content (AvgIpc) is 2.44. The first kappa shape index (κ1) is 12.5. The van der Waals surface area contributed by atoms with Gasteiger partial charge in [-0.05, 0) is 18.6 Å². The Morgan fingerprint density at radius 1 is 1.20 bits per heavy atom. The molecule has 20 heavy (non-hydrogen) atoms. The molecule has 3 rings (SSSR count). The molecule has 0 fully saturated rings. The third-order valence-electron chi connectivity index (χ3n) is 3.42. The third-order valence-corrected chi connectivity index (χ3v) is 3.42. The summed E-state index contributed by atoms with van der Waals surface area (Å²) in [4.78, 5) is 35.5. The molecule has 1 aromatic carbocycles. The van der Waals surface area contributed by atoms with Crippen LogP contribution < -0.4 is 11.1 Å². The maximum absolute atomic E-state index is 12.4. The number of aromatic nitrogens is 2. The Bertz CT molecular complexity index is 804. The first-order chi connectivity index (χ1) is 9.59. The fourth-order valence-electron chi connectivity index (χ4n) is 2.58. The van der Waals surface area contributed by atoms with E-state index in [0.717, 1.165) is 4.68 Å². The topological polar surface area (TPSA) is 90.5 Å². The highest BCUT2D eigenvalue weighted by Crippen LogP contribution is 2.20. The zero-order chi connectivity index (χ0) is 14.3. The van der Waals surface area contributed by atoms with Gasteiger partial charge in [0.2, 0.25) is 0 Å². The Balaban J connectivity index is 2.34. The van der Waals surface area contributed by atoms with Gasteiger partial charge in [-0.15, -0.1) is 0 Å². The van der Waals surface area contributed by atoms with Gasteiger partial charge in [0.1, 0.15) is 0 Å². The second-order valence-corrected chi connectivity index (χ2v) is 4.60. The van der Waals surface area contributed by atoms with Gasteiger partial charge in [-0.2, -0.15) is 0 Å². The Hall–Kier alpha value is -2.57. The molecular formula is C13H12N2O5. The van der Waals surface area contributed by atoms with Crippen molar-refractivity contribution in [2.75, 3.05) is 0 Å². The molecule has 0 bridgehead atoms. The molecule has 104 valence electrons. The van der Waals surface area contributed by atoms with Gasteiger partial charge >= 0.3 is 6.16 Å². The summed E-state index contributed by atoms with van der Waals surface area (Å²) in [7, 11) is 0. The van der Waals surface area contributed by atoms with Gasteiger partial charge in [-0.3, -0.25) is 9.59 Å². The van der Waals surface area contributed by atoms with E-state index in [9.17, 15) is 14.4 Å². The highest BCUT2D eigenvalue weighted by Gasteiger charge is 2.26. The van der Waals surface area contributed by atoms with Gasteiger partial charge in [-0.25, -0.2) is 14.2 Å². The van der Waals surface area contributed by atoms with E-state index >= 15 is 0 Å². The first-order valence-electron chi connectivity index (χ1n) is 6.23.